The Morgan fingerprint density at radius 3 is 3.00 bits per heavy atom. The van der Waals surface area contributed by atoms with Crippen molar-refractivity contribution in [2.75, 3.05) is 0 Å². The number of aromatic nitrogens is 2. The zero-order valence-corrected chi connectivity index (χ0v) is 7.02. The smallest absolute Gasteiger partial charge is 0.271 e. The summed E-state index contributed by atoms with van der Waals surface area (Å²) in [6, 6.07) is 4.36. The highest BCUT2D eigenvalue weighted by atomic mass is 16.6. The van der Waals surface area contributed by atoms with Gasteiger partial charge in [-0.2, -0.15) is 0 Å². The zero-order chi connectivity index (χ0) is 10.1. The number of fused-ring (bicyclic) bond motifs is 1. The number of rotatable bonds is 1. The van der Waals surface area contributed by atoms with Gasteiger partial charge in [-0.25, -0.2) is 4.98 Å². The number of nitrogens with zero attached hydrogens (tertiary/aromatic N) is 2. The number of non-ortho nitro benzene ring substituents is 1. The van der Waals surface area contributed by atoms with E-state index in [2.05, 4.69) is 15.9 Å². The number of imidazole rings is 1. The Bertz CT molecular complexity index is 551. The second-order valence-electron chi connectivity index (χ2n) is 2.69. The van der Waals surface area contributed by atoms with Gasteiger partial charge in [0, 0.05) is 12.1 Å². The Morgan fingerprint density at radius 2 is 2.36 bits per heavy atom. The van der Waals surface area contributed by atoms with Crippen molar-refractivity contribution >= 4 is 16.7 Å². The second kappa shape index (κ2) is 2.85. The van der Waals surface area contributed by atoms with Crippen LogP contribution in [0.4, 0.5) is 5.69 Å². The standard InChI is InChI=1S/C9H5N3O2/c1-2-9-10-7-4-3-6(12(13)14)5-8(7)11-9/h1,3-5H,(H,10,11). The van der Waals surface area contributed by atoms with Gasteiger partial charge in [0.05, 0.1) is 16.0 Å². The summed E-state index contributed by atoms with van der Waals surface area (Å²) in [4.78, 5) is 16.8. The third kappa shape index (κ3) is 1.19. The summed E-state index contributed by atoms with van der Waals surface area (Å²) in [6.45, 7) is 0. The number of aromatic amines is 1. The normalized spacial score (nSPS) is 9.93. The highest BCUT2D eigenvalue weighted by molar-refractivity contribution is 5.78. The molecule has 0 aliphatic heterocycles. The molecule has 0 bridgehead atoms. The molecule has 5 nitrogen and oxygen atoms in total. The topological polar surface area (TPSA) is 71.8 Å². The predicted octanol–water partition coefficient (Wildman–Crippen LogP) is 1.45. The number of hydrogen-bond acceptors (Lipinski definition) is 3. The third-order valence-corrected chi connectivity index (χ3v) is 1.81. The molecule has 0 saturated heterocycles. The third-order valence-electron chi connectivity index (χ3n) is 1.81. The molecule has 1 aromatic heterocycles. The number of hydrogen-bond donors (Lipinski definition) is 1. The molecule has 2 aromatic rings. The molecule has 0 radical (unpaired) electrons. The molecule has 1 aromatic carbocycles. The number of nitrogens with one attached hydrogen (secondary N) is 1. The van der Waals surface area contributed by atoms with Gasteiger partial charge in [0.15, 0.2) is 5.82 Å². The maximum absolute atomic E-state index is 10.5. The molecule has 5 heteroatoms. The van der Waals surface area contributed by atoms with E-state index in [-0.39, 0.29) is 5.69 Å². The molecule has 2 rings (SSSR count). The first-order valence-corrected chi connectivity index (χ1v) is 3.81. The summed E-state index contributed by atoms with van der Waals surface area (Å²) in [5.74, 6) is 2.70. The molecule has 0 atom stereocenters. The highest BCUT2D eigenvalue weighted by Gasteiger charge is 2.08. The van der Waals surface area contributed by atoms with Crippen LogP contribution in [0.3, 0.4) is 0 Å². The van der Waals surface area contributed by atoms with Crippen LogP contribution in [0.5, 0.6) is 0 Å². The molecule has 68 valence electrons. The number of nitro benzene ring substituents is 1. The molecule has 14 heavy (non-hydrogen) atoms. The summed E-state index contributed by atoms with van der Waals surface area (Å²) in [7, 11) is 0. The largest absolute Gasteiger partial charge is 0.331 e. The van der Waals surface area contributed by atoms with Crippen molar-refractivity contribution in [3.63, 3.8) is 0 Å². The van der Waals surface area contributed by atoms with Gasteiger partial charge in [-0.3, -0.25) is 10.1 Å². The van der Waals surface area contributed by atoms with Crippen LogP contribution in [0.1, 0.15) is 5.82 Å². The zero-order valence-electron chi connectivity index (χ0n) is 7.02. The fraction of sp³-hybridized carbons (Fsp3) is 0. The van der Waals surface area contributed by atoms with Crippen LogP contribution in [0.2, 0.25) is 0 Å². The van der Waals surface area contributed by atoms with Crippen LogP contribution in [0, 0.1) is 22.5 Å². The highest BCUT2D eigenvalue weighted by Crippen LogP contribution is 2.18. The van der Waals surface area contributed by atoms with Gasteiger partial charge in [-0.05, 0) is 12.0 Å². The summed E-state index contributed by atoms with van der Waals surface area (Å²) < 4.78 is 0. The van der Waals surface area contributed by atoms with Gasteiger partial charge in [0.1, 0.15) is 0 Å². The first kappa shape index (κ1) is 8.26. The van der Waals surface area contributed by atoms with E-state index < -0.39 is 4.92 Å². The molecule has 0 spiro atoms. The van der Waals surface area contributed by atoms with Crippen LogP contribution in [-0.4, -0.2) is 14.9 Å². The fourth-order valence-corrected chi connectivity index (χ4v) is 1.18. The van der Waals surface area contributed by atoms with Crippen molar-refractivity contribution < 1.29 is 4.92 Å². The summed E-state index contributed by atoms with van der Waals surface area (Å²) in [5, 5.41) is 10.5. The monoisotopic (exact) mass is 187 g/mol. The van der Waals surface area contributed by atoms with E-state index in [0.717, 1.165) is 0 Å². The summed E-state index contributed by atoms with van der Waals surface area (Å²) in [6.07, 6.45) is 5.13. The predicted molar refractivity (Wildman–Crippen MR) is 50.7 cm³/mol. The lowest BCUT2D eigenvalue weighted by Crippen LogP contribution is -1.86. The molecule has 0 amide bonds. The fourth-order valence-electron chi connectivity index (χ4n) is 1.18. The Morgan fingerprint density at radius 1 is 1.57 bits per heavy atom. The number of terminal acetylenes is 1. The Labute approximate surface area is 78.9 Å². The van der Waals surface area contributed by atoms with Crippen molar-refractivity contribution in [3.8, 4) is 12.3 Å². The van der Waals surface area contributed by atoms with Crippen molar-refractivity contribution in [1.82, 2.24) is 9.97 Å². The van der Waals surface area contributed by atoms with Crippen molar-refractivity contribution in [2.24, 2.45) is 0 Å². The number of nitro groups is 1. The molecule has 1 heterocycles. The molecular formula is C9H5N3O2. The van der Waals surface area contributed by atoms with E-state index in [4.69, 9.17) is 6.42 Å². The van der Waals surface area contributed by atoms with Gasteiger partial charge in [-0.1, -0.05) is 0 Å². The van der Waals surface area contributed by atoms with Crippen LogP contribution in [0.15, 0.2) is 18.2 Å². The molecule has 0 saturated carbocycles. The van der Waals surface area contributed by atoms with Crippen molar-refractivity contribution in [1.29, 1.82) is 0 Å². The van der Waals surface area contributed by atoms with Crippen LogP contribution in [0.25, 0.3) is 11.0 Å². The Hall–Kier alpha value is -2.35. The van der Waals surface area contributed by atoms with Gasteiger partial charge >= 0.3 is 0 Å². The number of benzene rings is 1. The number of H-pyrrole nitrogens is 1. The Balaban J connectivity index is 2.66. The van der Waals surface area contributed by atoms with Crippen molar-refractivity contribution in [3.05, 3.63) is 34.1 Å². The first-order valence-electron chi connectivity index (χ1n) is 3.81. The maximum atomic E-state index is 10.5. The molecule has 1 N–H and O–H groups in total. The minimum atomic E-state index is -0.462. The molecular weight excluding hydrogens is 182 g/mol. The molecule has 0 fully saturated rings. The SMILES string of the molecule is C#Cc1nc2ccc([N+](=O)[O-])cc2[nH]1. The van der Waals surface area contributed by atoms with Crippen molar-refractivity contribution in [2.45, 2.75) is 0 Å². The maximum Gasteiger partial charge on any atom is 0.271 e. The molecule has 0 aliphatic rings. The van der Waals surface area contributed by atoms with Gasteiger partial charge in [0.2, 0.25) is 0 Å². The Kier molecular flexibility index (Phi) is 1.68. The van der Waals surface area contributed by atoms with E-state index in [9.17, 15) is 10.1 Å². The van der Waals surface area contributed by atoms with Gasteiger partial charge in [0.25, 0.3) is 5.69 Å². The van der Waals surface area contributed by atoms with Gasteiger partial charge < -0.3 is 4.98 Å². The van der Waals surface area contributed by atoms with Crippen LogP contribution < -0.4 is 0 Å². The average molecular weight is 187 g/mol. The van der Waals surface area contributed by atoms with Crippen LogP contribution in [-0.2, 0) is 0 Å². The second-order valence-corrected chi connectivity index (χ2v) is 2.69. The van der Waals surface area contributed by atoms with E-state index in [1.807, 2.05) is 0 Å². The minimum Gasteiger partial charge on any atom is -0.331 e. The average Bonchev–Trinajstić information content (AvgIpc) is 2.58. The van der Waals surface area contributed by atoms with Crippen LogP contribution >= 0.6 is 0 Å². The lowest BCUT2D eigenvalue weighted by Gasteiger charge is -1.89. The molecule has 0 aliphatic carbocycles. The van der Waals surface area contributed by atoms with E-state index >= 15 is 0 Å². The van der Waals surface area contributed by atoms with E-state index in [1.165, 1.54) is 12.1 Å². The summed E-state index contributed by atoms with van der Waals surface area (Å²) >= 11 is 0. The van der Waals surface area contributed by atoms with Gasteiger partial charge in [-0.15, -0.1) is 6.42 Å². The summed E-state index contributed by atoms with van der Waals surface area (Å²) in [5.41, 5.74) is 1.22. The molecule has 0 unspecified atom stereocenters. The first-order chi connectivity index (χ1) is 6.70. The van der Waals surface area contributed by atoms with E-state index in [1.54, 1.807) is 6.07 Å². The minimum absolute atomic E-state index is 0.0183. The lowest BCUT2D eigenvalue weighted by atomic mass is 10.3. The quantitative estimate of drug-likeness (QED) is 0.417. The lowest BCUT2D eigenvalue weighted by molar-refractivity contribution is -0.384. The van der Waals surface area contributed by atoms with E-state index in [0.29, 0.717) is 16.9 Å².